The van der Waals surface area contributed by atoms with Gasteiger partial charge in [-0.2, -0.15) is 0 Å². The molecule has 222 valence electrons. The van der Waals surface area contributed by atoms with Crippen molar-refractivity contribution in [3.05, 3.63) is 71.8 Å². The molecule has 12 heteroatoms. The minimum Gasteiger partial charge on any atom is -0.481 e. The fourth-order valence-corrected chi connectivity index (χ4v) is 4.10. The van der Waals surface area contributed by atoms with Crippen molar-refractivity contribution in [1.29, 1.82) is 0 Å². The average molecular weight is 570 g/mol. The lowest BCUT2D eigenvalue weighted by molar-refractivity contribution is -0.142. The van der Waals surface area contributed by atoms with Gasteiger partial charge in [0, 0.05) is 19.3 Å². The summed E-state index contributed by atoms with van der Waals surface area (Å²) in [4.78, 5) is 62.2. The Kier molecular flexibility index (Phi) is 14.0. The Bertz CT molecular complexity index is 1150. The van der Waals surface area contributed by atoms with Crippen LogP contribution < -0.4 is 27.4 Å². The van der Waals surface area contributed by atoms with Gasteiger partial charge in [-0.3, -0.25) is 19.2 Å². The van der Waals surface area contributed by atoms with E-state index >= 15 is 0 Å². The smallest absolute Gasteiger partial charge is 0.326 e. The Balaban J connectivity index is 2.22. The first-order chi connectivity index (χ1) is 19.6. The molecular formula is C29H39N5O7. The van der Waals surface area contributed by atoms with E-state index < -0.39 is 53.8 Å². The number of hydrogen-bond acceptors (Lipinski definition) is 7. The summed E-state index contributed by atoms with van der Waals surface area (Å²) in [6.07, 6.45) is 0.954. The van der Waals surface area contributed by atoms with Crippen LogP contribution in [0.5, 0.6) is 0 Å². The van der Waals surface area contributed by atoms with Gasteiger partial charge in [-0.05, 0) is 43.4 Å². The third-order valence-corrected chi connectivity index (χ3v) is 6.40. The van der Waals surface area contributed by atoms with Crippen LogP contribution >= 0.6 is 0 Å². The number of nitrogens with two attached hydrogens (primary N) is 2. The molecule has 0 fully saturated rings. The summed E-state index contributed by atoms with van der Waals surface area (Å²) in [5.74, 6) is -4.39. The van der Waals surface area contributed by atoms with E-state index in [0.29, 0.717) is 24.9 Å². The lowest BCUT2D eigenvalue weighted by Crippen LogP contribution is -2.57. The summed E-state index contributed by atoms with van der Waals surface area (Å²) >= 11 is 0. The maximum absolute atomic E-state index is 13.4. The zero-order valence-corrected chi connectivity index (χ0v) is 22.8. The Morgan fingerprint density at radius 1 is 0.659 bits per heavy atom. The molecule has 0 saturated heterocycles. The molecule has 4 unspecified atom stereocenters. The second-order valence-corrected chi connectivity index (χ2v) is 9.72. The lowest BCUT2D eigenvalue weighted by Gasteiger charge is -2.25. The van der Waals surface area contributed by atoms with Gasteiger partial charge in [0.05, 0.1) is 6.04 Å². The van der Waals surface area contributed by atoms with Crippen LogP contribution in [0, 0.1) is 0 Å². The van der Waals surface area contributed by atoms with Crippen molar-refractivity contribution in [1.82, 2.24) is 16.0 Å². The van der Waals surface area contributed by atoms with Gasteiger partial charge in [-0.15, -0.1) is 0 Å². The van der Waals surface area contributed by atoms with Crippen LogP contribution in [0.2, 0.25) is 0 Å². The third kappa shape index (κ3) is 12.2. The molecule has 41 heavy (non-hydrogen) atoms. The number of nitrogens with one attached hydrogen (secondary N) is 3. The van der Waals surface area contributed by atoms with Gasteiger partial charge in [0.15, 0.2) is 0 Å². The Labute approximate surface area is 238 Å². The zero-order valence-electron chi connectivity index (χ0n) is 22.8. The number of hydrogen-bond donors (Lipinski definition) is 7. The number of benzene rings is 2. The van der Waals surface area contributed by atoms with E-state index in [-0.39, 0.29) is 32.1 Å². The van der Waals surface area contributed by atoms with Crippen molar-refractivity contribution in [2.24, 2.45) is 11.5 Å². The molecule has 0 bridgehead atoms. The average Bonchev–Trinajstić information content (AvgIpc) is 2.95. The van der Waals surface area contributed by atoms with Crippen molar-refractivity contribution < 1.29 is 34.2 Å². The van der Waals surface area contributed by atoms with E-state index in [0.717, 1.165) is 5.56 Å². The highest BCUT2D eigenvalue weighted by molar-refractivity contribution is 5.94. The van der Waals surface area contributed by atoms with Crippen molar-refractivity contribution in [2.75, 3.05) is 6.54 Å². The first-order valence-electron chi connectivity index (χ1n) is 13.5. The summed E-state index contributed by atoms with van der Waals surface area (Å²) < 4.78 is 0. The number of unbranched alkanes of at least 4 members (excludes halogenated alkanes) is 1. The molecular weight excluding hydrogens is 530 g/mol. The maximum Gasteiger partial charge on any atom is 0.326 e. The second-order valence-electron chi connectivity index (χ2n) is 9.72. The van der Waals surface area contributed by atoms with Gasteiger partial charge in [0.2, 0.25) is 17.7 Å². The molecule has 0 saturated carbocycles. The number of amides is 3. The van der Waals surface area contributed by atoms with Gasteiger partial charge in [-0.25, -0.2) is 4.79 Å². The van der Waals surface area contributed by atoms with Gasteiger partial charge < -0.3 is 37.6 Å². The Morgan fingerprint density at radius 3 is 1.66 bits per heavy atom. The van der Waals surface area contributed by atoms with Crippen LogP contribution in [0.15, 0.2) is 60.7 Å². The highest BCUT2D eigenvalue weighted by Crippen LogP contribution is 2.09. The summed E-state index contributed by atoms with van der Waals surface area (Å²) in [5.41, 5.74) is 12.8. The molecule has 0 aliphatic heterocycles. The maximum atomic E-state index is 13.4. The molecule has 0 aromatic heterocycles. The van der Waals surface area contributed by atoms with Crippen LogP contribution in [0.25, 0.3) is 0 Å². The van der Waals surface area contributed by atoms with Crippen LogP contribution in [0.1, 0.15) is 43.2 Å². The second kappa shape index (κ2) is 17.4. The minimum absolute atomic E-state index is 0.0416. The summed E-state index contributed by atoms with van der Waals surface area (Å²) in [6.45, 7) is 0.372. The van der Waals surface area contributed by atoms with Crippen LogP contribution in [-0.2, 0) is 36.8 Å². The first kappa shape index (κ1) is 32.9. The summed E-state index contributed by atoms with van der Waals surface area (Å²) in [6, 6.07) is 13.1. The monoisotopic (exact) mass is 569 g/mol. The van der Waals surface area contributed by atoms with Crippen molar-refractivity contribution in [3.63, 3.8) is 0 Å². The molecule has 4 atom stereocenters. The third-order valence-electron chi connectivity index (χ3n) is 6.40. The molecule has 2 rings (SSSR count). The van der Waals surface area contributed by atoms with Gasteiger partial charge in [-0.1, -0.05) is 60.7 Å². The quantitative estimate of drug-likeness (QED) is 0.123. The predicted octanol–water partition coefficient (Wildman–Crippen LogP) is 0.332. The molecule has 12 nitrogen and oxygen atoms in total. The van der Waals surface area contributed by atoms with E-state index in [9.17, 15) is 29.1 Å². The molecule has 0 radical (unpaired) electrons. The molecule has 0 aliphatic carbocycles. The number of carbonyl (C=O) groups excluding carboxylic acids is 3. The van der Waals surface area contributed by atoms with Crippen molar-refractivity contribution in [3.8, 4) is 0 Å². The molecule has 3 amide bonds. The number of carboxylic acids is 2. The molecule has 0 aliphatic rings. The molecule has 0 spiro atoms. The zero-order chi connectivity index (χ0) is 30.2. The molecule has 0 heterocycles. The van der Waals surface area contributed by atoms with Gasteiger partial charge in [0.1, 0.15) is 18.1 Å². The van der Waals surface area contributed by atoms with Gasteiger partial charge >= 0.3 is 11.9 Å². The van der Waals surface area contributed by atoms with Crippen molar-refractivity contribution >= 4 is 29.7 Å². The highest BCUT2D eigenvalue weighted by atomic mass is 16.4. The highest BCUT2D eigenvalue weighted by Gasteiger charge is 2.30. The Hall–Kier alpha value is -4.29. The largest absolute Gasteiger partial charge is 0.481 e. The fourth-order valence-electron chi connectivity index (χ4n) is 4.10. The SMILES string of the molecule is NCCCCC(NC(=O)C(N)CCC(=O)O)C(=O)NC(Cc1ccccc1)C(=O)NC(Cc1ccccc1)C(=O)O. The van der Waals surface area contributed by atoms with E-state index in [4.69, 9.17) is 16.6 Å². The molecule has 2 aromatic rings. The summed E-state index contributed by atoms with van der Waals surface area (Å²) in [5, 5.41) is 26.4. The topological polar surface area (TPSA) is 214 Å². The standard InChI is InChI=1S/C29H39N5O7/c30-16-8-7-13-22(32-26(37)21(31)14-15-25(35)36)27(38)33-23(17-19-9-3-1-4-10-19)28(39)34-24(29(40)41)18-20-11-5-2-6-12-20/h1-6,9-12,21-24H,7-8,13-18,30-31H2,(H,32,37)(H,33,38)(H,34,39)(H,35,36)(H,40,41). The Morgan fingerprint density at radius 2 is 1.15 bits per heavy atom. The molecule has 9 N–H and O–H groups in total. The number of carboxylic acid groups (broad SMARTS) is 2. The minimum atomic E-state index is -1.24. The number of aliphatic carboxylic acids is 2. The number of carbonyl (C=O) groups is 5. The first-order valence-corrected chi connectivity index (χ1v) is 13.5. The van der Waals surface area contributed by atoms with Crippen LogP contribution in [0.4, 0.5) is 0 Å². The fraction of sp³-hybridized carbons (Fsp3) is 0.414. The van der Waals surface area contributed by atoms with Crippen LogP contribution in [-0.4, -0.2) is 70.6 Å². The predicted molar refractivity (Wildman–Crippen MR) is 151 cm³/mol. The number of rotatable bonds is 18. The van der Waals surface area contributed by atoms with Crippen molar-refractivity contribution in [2.45, 2.75) is 69.1 Å². The normalized spacial score (nSPS) is 13.7. The molecule has 2 aromatic carbocycles. The van der Waals surface area contributed by atoms with E-state index in [1.165, 1.54) is 0 Å². The van der Waals surface area contributed by atoms with E-state index in [2.05, 4.69) is 16.0 Å². The van der Waals surface area contributed by atoms with Crippen LogP contribution in [0.3, 0.4) is 0 Å². The summed E-state index contributed by atoms with van der Waals surface area (Å²) in [7, 11) is 0. The van der Waals surface area contributed by atoms with E-state index in [1.807, 2.05) is 0 Å². The van der Waals surface area contributed by atoms with E-state index in [1.54, 1.807) is 60.7 Å². The lowest BCUT2D eigenvalue weighted by atomic mass is 10.0. The van der Waals surface area contributed by atoms with Gasteiger partial charge in [0.25, 0.3) is 0 Å².